The van der Waals surface area contributed by atoms with Crippen LogP contribution in [0.3, 0.4) is 0 Å². The summed E-state index contributed by atoms with van der Waals surface area (Å²) in [5.41, 5.74) is 5.53. The lowest BCUT2D eigenvalue weighted by atomic mass is 10.2. The zero-order valence-electron chi connectivity index (χ0n) is 7.77. The van der Waals surface area contributed by atoms with Crippen molar-refractivity contribution >= 4 is 17.7 Å². The quantitative estimate of drug-likeness (QED) is 0.522. The molecule has 0 saturated heterocycles. The Morgan fingerprint density at radius 1 is 1.86 bits per heavy atom. The molecule has 0 spiro atoms. The van der Waals surface area contributed by atoms with Gasteiger partial charge >= 0.3 is 5.97 Å². The topological polar surface area (TPSA) is 93.9 Å². The number of aromatic nitrogens is 3. The van der Waals surface area contributed by atoms with E-state index in [0.29, 0.717) is 12.2 Å². The first-order valence-corrected chi connectivity index (χ1v) is 5.04. The highest BCUT2D eigenvalue weighted by Crippen LogP contribution is 2.12. The molecule has 0 fully saturated rings. The van der Waals surface area contributed by atoms with Gasteiger partial charge in [0.15, 0.2) is 5.16 Å². The highest BCUT2D eigenvalue weighted by Gasteiger charge is 2.13. The van der Waals surface area contributed by atoms with E-state index in [0.717, 1.165) is 5.16 Å². The fourth-order valence-electron chi connectivity index (χ4n) is 0.816. The van der Waals surface area contributed by atoms with Gasteiger partial charge in [0.05, 0.1) is 7.11 Å². The Kier molecular flexibility index (Phi) is 4.41. The van der Waals surface area contributed by atoms with Crippen LogP contribution in [0.5, 0.6) is 0 Å². The molecule has 7 heteroatoms. The molecule has 1 rings (SSSR count). The van der Waals surface area contributed by atoms with Crippen molar-refractivity contribution in [2.75, 3.05) is 12.9 Å². The first-order chi connectivity index (χ1) is 6.74. The van der Waals surface area contributed by atoms with Crippen LogP contribution >= 0.6 is 11.8 Å². The van der Waals surface area contributed by atoms with Crippen LogP contribution in [0.1, 0.15) is 6.42 Å². The Morgan fingerprint density at radius 2 is 2.64 bits per heavy atom. The fourth-order valence-corrected chi connectivity index (χ4v) is 1.62. The molecule has 0 saturated carbocycles. The Balaban J connectivity index is 2.18. The highest BCUT2D eigenvalue weighted by molar-refractivity contribution is 7.99. The number of carbonyl (C=O) groups is 1. The molecule has 0 aromatic carbocycles. The molecule has 1 aromatic rings. The average molecular weight is 216 g/mol. The summed E-state index contributed by atoms with van der Waals surface area (Å²) in [6.45, 7) is 0. The second-order valence-electron chi connectivity index (χ2n) is 2.56. The second kappa shape index (κ2) is 5.61. The van der Waals surface area contributed by atoms with Gasteiger partial charge in [0, 0.05) is 5.75 Å². The smallest absolute Gasteiger partial charge is 0.322 e. The monoisotopic (exact) mass is 216 g/mol. The van der Waals surface area contributed by atoms with Crippen LogP contribution in [-0.2, 0) is 9.53 Å². The molecule has 1 aromatic heterocycles. The number of thioether (sulfide) groups is 1. The van der Waals surface area contributed by atoms with E-state index >= 15 is 0 Å². The number of ether oxygens (including phenoxy) is 1. The summed E-state index contributed by atoms with van der Waals surface area (Å²) in [6.07, 6.45) is 1.99. The average Bonchev–Trinajstić information content (AvgIpc) is 2.69. The van der Waals surface area contributed by atoms with Gasteiger partial charge in [0.2, 0.25) is 0 Å². The largest absolute Gasteiger partial charge is 0.468 e. The molecule has 1 heterocycles. The molecule has 0 bridgehead atoms. The maximum atomic E-state index is 10.9. The van der Waals surface area contributed by atoms with Crippen LogP contribution in [-0.4, -0.2) is 40.1 Å². The molecule has 0 aliphatic rings. The van der Waals surface area contributed by atoms with Gasteiger partial charge < -0.3 is 10.5 Å². The number of nitrogens with one attached hydrogen (secondary N) is 1. The van der Waals surface area contributed by atoms with Crippen LogP contribution in [0.25, 0.3) is 0 Å². The van der Waals surface area contributed by atoms with E-state index in [1.165, 1.54) is 25.2 Å². The SMILES string of the molecule is COC(=O)C(N)CCSc1ncn[nH]1. The third kappa shape index (κ3) is 3.35. The van der Waals surface area contributed by atoms with Crippen molar-refractivity contribution < 1.29 is 9.53 Å². The minimum absolute atomic E-state index is 0.386. The summed E-state index contributed by atoms with van der Waals surface area (Å²) in [4.78, 5) is 14.8. The normalized spacial score (nSPS) is 12.4. The van der Waals surface area contributed by atoms with Gasteiger partial charge in [-0.1, -0.05) is 11.8 Å². The molecular formula is C7H12N4O2S. The molecule has 0 aliphatic carbocycles. The van der Waals surface area contributed by atoms with Crippen molar-refractivity contribution in [1.82, 2.24) is 15.2 Å². The molecule has 1 atom stereocenters. The minimum atomic E-state index is -0.560. The lowest BCUT2D eigenvalue weighted by Gasteiger charge is -2.07. The van der Waals surface area contributed by atoms with E-state index in [2.05, 4.69) is 19.9 Å². The Bertz CT molecular complexity index is 277. The number of nitrogens with zero attached hydrogens (tertiary/aromatic N) is 2. The van der Waals surface area contributed by atoms with Crippen molar-refractivity contribution in [2.24, 2.45) is 5.73 Å². The summed E-state index contributed by atoms with van der Waals surface area (Å²) in [6, 6.07) is -0.560. The number of nitrogens with two attached hydrogens (primary N) is 1. The fraction of sp³-hybridized carbons (Fsp3) is 0.571. The molecule has 6 nitrogen and oxygen atoms in total. The summed E-state index contributed by atoms with van der Waals surface area (Å²) in [5, 5.41) is 7.11. The van der Waals surface area contributed by atoms with Crippen molar-refractivity contribution in [1.29, 1.82) is 0 Å². The predicted octanol–water partition coefficient (Wildman–Crippen LogP) is -0.213. The second-order valence-corrected chi connectivity index (χ2v) is 3.64. The third-order valence-electron chi connectivity index (χ3n) is 1.56. The number of esters is 1. The van der Waals surface area contributed by atoms with Gasteiger partial charge in [-0.05, 0) is 6.42 Å². The third-order valence-corrected chi connectivity index (χ3v) is 2.47. The molecule has 78 valence electrons. The van der Waals surface area contributed by atoms with Gasteiger partial charge in [0.1, 0.15) is 12.4 Å². The Labute approximate surface area is 85.6 Å². The number of hydrogen-bond acceptors (Lipinski definition) is 6. The maximum absolute atomic E-state index is 10.9. The van der Waals surface area contributed by atoms with E-state index in [9.17, 15) is 4.79 Å². The highest BCUT2D eigenvalue weighted by atomic mass is 32.2. The predicted molar refractivity (Wildman–Crippen MR) is 51.7 cm³/mol. The van der Waals surface area contributed by atoms with Gasteiger partial charge in [-0.2, -0.15) is 5.10 Å². The summed E-state index contributed by atoms with van der Waals surface area (Å²) >= 11 is 1.47. The molecule has 0 aliphatic heterocycles. The van der Waals surface area contributed by atoms with E-state index in [4.69, 9.17) is 5.73 Å². The molecule has 0 radical (unpaired) electrons. The molecule has 1 unspecified atom stereocenters. The van der Waals surface area contributed by atoms with Crippen LogP contribution in [0.2, 0.25) is 0 Å². The van der Waals surface area contributed by atoms with Crippen molar-refractivity contribution in [3.8, 4) is 0 Å². The standard InChI is InChI=1S/C7H12N4O2S/c1-13-6(12)5(8)2-3-14-7-9-4-10-11-7/h4-5H,2-3,8H2,1H3,(H,9,10,11). The van der Waals surface area contributed by atoms with E-state index in [1.54, 1.807) is 0 Å². The summed E-state index contributed by atoms with van der Waals surface area (Å²) in [7, 11) is 1.33. The van der Waals surface area contributed by atoms with Crippen molar-refractivity contribution in [3.05, 3.63) is 6.33 Å². The van der Waals surface area contributed by atoms with Crippen molar-refractivity contribution in [3.63, 3.8) is 0 Å². The van der Waals surface area contributed by atoms with E-state index in [1.807, 2.05) is 0 Å². The van der Waals surface area contributed by atoms with Crippen LogP contribution in [0, 0.1) is 0 Å². The van der Waals surface area contributed by atoms with E-state index in [-0.39, 0.29) is 5.97 Å². The number of aromatic amines is 1. The zero-order chi connectivity index (χ0) is 10.4. The van der Waals surface area contributed by atoms with Gasteiger partial charge in [-0.3, -0.25) is 9.89 Å². The maximum Gasteiger partial charge on any atom is 0.322 e. The molecular weight excluding hydrogens is 204 g/mol. The zero-order valence-corrected chi connectivity index (χ0v) is 8.58. The van der Waals surface area contributed by atoms with Crippen LogP contribution in [0.15, 0.2) is 11.5 Å². The first-order valence-electron chi connectivity index (χ1n) is 4.05. The number of rotatable bonds is 5. The first kappa shape index (κ1) is 11.0. The molecule has 0 amide bonds. The molecule has 3 N–H and O–H groups in total. The van der Waals surface area contributed by atoms with Crippen LogP contribution < -0.4 is 5.73 Å². The Morgan fingerprint density at radius 3 is 3.21 bits per heavy atom. The number of methoxy groups -OCH3 is 1. The Hall–Kier alpha value is -1.08. The van der Waals surface area contributed by atoms with Crippen molar-refractivity contribution in [2.45, 2.75) is 17.6 Å². The molecule has 14 heavy (non-hydrogen) atoms. The number of hydrogen-bond donors (Lipinski definition) is 2. The van der Waals surface area contributed by atoms with Crippen LogP contribution in [0.4, 0.5) is 0 Å². The minimum Gasteiger partial charge on any atom is -0.468 e. The lowest BCUT2D eigenvalue weighted by molar-refractivity contribution is -0.142. The van der Waals surface area contributed by atoms with Gasteiger partial charge in [-0.15, -0.1) is 0 Å². The summed E-state index contributed by atoms with van der Waals surface area (Å²) in [5.74, 6) is 0.314. The lowest BCUT2D eigenvalue weighted by Crippen LogP contribution is -2.31. The van der Waals surface area contributed by atoms with Gasteiger partial charge in [0.25, 0.3) is 0 Å². The number of carbonyl (C=O) groups excluding carboxylic acids is 1. The number of H-pyrrole nitrogens is 1. The summed E-state index contributed by atoms with van der Waals surface area (Å²) < 4.78 is 4.49. The van der Waals surface area contributed by atoms with Gasteiger partial charge in [-0.25, -0.2) is 4.98 Å². The van der Waals surface area contributed by atoms with E-state index < -0.39 is 6.04 Å².